The molecule has 0 radical (unpaired) electrons. The molecule has 3 aliphatic rings. The molecule has 0 aliphatic carbocycles. The van der Waals surface area contributed by atoms with Crippen molar-refractivity contribution >= 4 is 93.6 Å². The van der Waals surface area contributed by atoms with Gasteiger partial charge in [0.2, 0.25) is 47.3 Å². The Labute approximate surface area is 417 Å². The van der Waals surface area contributed by atoms with Gasteiger partial charge < -0.3 is 66.8 Å². The summed E-state index contributed by atoms with van der Waals surface area (Å²) in [7, 11) is 0. The number of aromatic amines is 1. The fourth-order valence-electron chi connectivity index (χ4n) is 8.60. The Morgan fingerprint density at radius 1 is 0.833 bits per heavy atom. The summed E-state index contributed by atoms with van der Waals surface area (Å²) in [5.74, 6) is -14.1. The molecule has 1 saturated heterocycles. The number of nitrogens with one attached hydrogen (secondary N) is 7. The lowest BCUT2D eigenvalue weighted by molar-refractivity contribution is -0.161. The number of benzene rings is 1. The lowest BCUT2D eigenvalue weighted by Gasteiger charge is -2.33. The number of aliphatic hydroxyl groups excluding tert-OH is 1. The summed E-state index contributed by atoms with van der Waals surface area (Å²) in [4.78, 5) is 167. The van der Waals surface area contributed by atoms with Gasteiger partial charge in [0, 0.05) is 68.6 Å². The number of amides is 8. The van der Waals surface area contributed by atoms with Gasteiger partial charge in [-0.2, -0.15) is 0 Å². The minimum Gasteiger partial charge on any atom is -0.462 e. The Balaban J connectivity index is 1.76. The number of fused-ring (bicyclic) bond motifs is 5. The minimum absolute atomic E-state index is 0.0871. The summed E-state index contributed by atoms with van der Waals surface area (Å²) in [6.07, 6.45) is -4.65. The van der Waals surface area contributed by atoms with Crippen LogP contribution >= 0.6 is 11.8 Å². The maximum Gasteiger partial charge on any atom is 0.308 e. The van der Waals surface area contributed by atoms with Gasteiger partial charge in [-0.1, -0.05) is 27.2 Å². The second-order valence-corrected chi connectivity index (χ2v) is 19.1. The average molecular weight is 1030 g/mol. The monoisotopic (exact) mass is 1030 g/mol. The number of aromatic nitrogens is 1. The first kappa shape index (κ1) is 55.8. The first-order valence-electron chi connectivity index (χ1n) is 23.3. The first-order chi connectivity index (χ1) is 33.9. The predicted octanol–water partition coefficient (Wildman–Crippen LogP) is -2.48. The molecule has 1 aromatic heterocycles. The summed E-state index contributed by atoms with van der Waals surface area (Å²) in [5.41, 5.74) is 6.30. The second kappa shape index (κ2) is 24.8. The number of carbonyl (C=O) groups is 12. The quantitative estimate of drug-likeness (QED) is 0.0879. The maximum absolute atomic E-state index is 15.1. The number of ether oxygens (including phenoxy) is 3. The highest BCUT2D eigenvalue weighted by Crippen LogP contribution is 2.36. The predicted molar refractivity (Wildman–Crippen MR) is 252 cm³/mol. The van der Waals surface area contributed by atoms with Crippen molar-refractivity contribution in [1.29, 1.82) is 0 Å². The van der Waals surface area contributed by atoms with E-state index in [1.54, 1.807) is 19.9 Å². The number of rotatable bonds is 10. The van der Waals surface area contributed by atoms with Crippen molar-refractivity contribution < 1.29 is 76.9 Å². The molecule has 26 heteroatoms. The van der Waals surface area contributed by atoms with Gasteiger partial charge in [0.05, 0.1) is 36.7 Å². The standard InChI is InChI=1S/C46H61N9O16S/c1-7-20(2)39-44(67)49-15-37(62)50-32-19-72-45-29(28-13-27(70-23(5)57)8-9-30(28)52-45)10-25(41(64)48-16-38(63)53-39)11-34(60)40(21(3)35(71-24(6)58)18-69-22(4)56)54-43(66)33-12-26(59)17-55(33)46(68)31(14-36(47)61)51-42(32)65/h8-9,13,20-21,25-26,31-33,35,39-40,52,59H,7,10-12,14-19H2,1-6H3,(H2,47,61)(H,48,64)(H,49,67)(H,50,62)(H,51,65)(H,53,63)(H,54,66)/t20-,21?,25?,26?,31?,32?,33-,35-,39-,40-/m0/s1. The van der Waals surface area contributed by atoms with Gasteiger partial charge in [-0.25, -0.2) is 0 Å². The SMILES string of the molecule is CC[C@H](C)[C@@H]1NC(=O)CNC(=O)C2CC(=O)[C@H](C(C)[C@H](COC(C)=O)OC(C)=O)NC(=O)[C@@H]3CC(O)CN3C(=O)C(CC(N)=O)NC(=O)C(CSc3[nH]c4ccc(OC(C)=O)cc4c3C2)NC(=O)CNC1=O. The Morgan fingerprint density at radius 2 is 1.51 bits per heavy atom. The highest BCUT2D eigenvalue weighted by molar-refractivity contribution is 7.99. The minimum atomic E-state index is -1.79. The van der Waals surface area contributed by atoms with Crippen molar-refractivity contribution in [2.45, 2.75) is 121 Å². The molecule has 10 N–H and O–H groups in total. The third-order valence-corrected chi connectivity index (χ3v) is 13.6. The smallest absolute Gasteiger partial charge is 0.308 e. The van der Waals surface area contributed by atoms with Crippen LogP contribution in [0.25, 0.3) is 10.9 Å². The van der Waals surface area contributed by atoms with E-state index in [9.17, 15) is 57.8 Å². The normalized spacial score (nSPS) is 25.4. The van der Waals surface area contributed by atoms with E-state index < -0.39 is 177 Å². The number of aliphatic hydroxyl groups is 1. The molecule has 5 unspecified atom stereocenters. The number of Topliss-reactive ketones (excluding diaryl/α,β-unsaturated/α-hetero) is 1. The van der Waals surface area contributed by atoms with E-state index in [1.807, 2.05) is 0 Å². The summed E-state index contributed by atoms with van der Waals surface area (Å²) >= 11 is 0.946. The Hall–Kier alpha value is -7.09. The third kappa shape index (κ3) is 14.7. The topological polar surface area (TPSA) is 370 Å². The van der Waals surface area contributed by atoms with E-state index >= 15 is 4.79 Å². The van der Waals surface area contributed by atoms with E-state index in [4.69, 9.17) is 19.9 Å². The molecular formula is C46H61N9O16S. The number of nitrogens with zero attached hydrogens (tertiary/aromatic N) is 1. The molecule has 4 heterocycles. The van der Waals surface area contributed by atoms with Crippen LogP contribution in [-0.2, 0) is 73.4 Å². The van der Waals surface area contributed by atoms with Crippen molar-refractivity contribution in [1.82, 2.24) is 41.8 Å². The molecule has 3 aliphatic heterocycles. The molecule has 72 heavy (non-hydrogen) atoms. The van der Waals surface area contributed by atoms with E-state index in [1.165, 1.54) is 26.0 Å². The fraction of sp³-hybridized carbons (Fsp3) is 0.565. The molecule has 392 valence electrons. The molecule has 0 saturated carbocycles. The van der Waals surface area contributed by atoms with Gasteiger partial charge in [-0.15, -0.1) is 11.8 Å². The van der Waals surface area contributed by atoms with E-state index in [0.29, 0.717) is 22.9 Å². The molecule has 2 aromatic rings. The number of ketones is 1. The number of H-pyrrole nitrogens is 1. The molecule has 0 spiro atoms. The third-order valence-electron chi connectivity index (χ3n) is 12.5. The van der Waals surface area contributed by atoms with Gasteiger partial charge in [-0.3, -0.25) is 57.5 Å². The average Bonchev–Trinajstić information content (AvgIpc) is 3.87. The number of hydrogen-bond acceptors (Lipinski definition) is 17. The molecule has 2 bridgehead atoms. The van der Waals surface area contributed by atoms with Crippen molar-refractivity contribution in [3.8, 4) is 5.75 Å². The van der Waals surface area contributed by atoms with E-state index in [2.05, 4.69) is 36.9 Å². The summed E-state index contributed by atoms with van der Waals surface area (Å²) in [6, 6.07) is -3.32. The van der Waals surface area contributed by atoms with Crippen LogP contribution in [0.15, 0.2) is 23.2 Å². The number of primary amides is 1. The van der Waals surface area contributed by atoms with Crippen molar-refractivity contribution in [2.75, 3.05) is 32.0 Å². The Kier molecular flexibility index (Phi) is 19.3. The summed E-state index contributed by atoms with van der Waals surface area (Å²) in [6.45, 7) is 5.66. The highest BCUT2D eigenvalue weighted by atomic mass is 32.2. The van der Waals surface area contributed by atoms with Crippen molar-refractivity contribution in [2.24, 2.45) is 23.5 Å². The van der Waals surface area contributed by atoms with Crippen LogP contribution in [0.4, 0.5) is 0 Å². The maximum atomic E-state index is 15.1. The lowest BCUT2D eigenvalue weighted by atomic mass is 9.85. The molecule has 25 nitrogen and oxygen atoms in total. The number of thioether (sulfide) groups is 1. The number of hydrogen-bond donors (Lipinski definition) is 9. The molecule has 10 atom stereocenters. The molecular weight excluding hydrogens is 967 g/mol. The zero-order chi connectivity index (χ0) is 53.1. The highest BCUT2D eigenvalue weighted by Gasteiger charge is 2.45. The van der Waals surface area contributed by atoms with Gasteiger partial charge in [-0.05, 0) is 36.1 Å². The molecule has 1 aromatic carbocycles. The molecule has 8 amide bonds. The van der Waals surface area contributed by atoms with Crippen LogP contribution < -0.4 is 42.4 Å². The number of carbonyl (C=O) groups excluding carboxylic acids is 12. The summed E-state index contributed by atoms with van der Waals surface area (Å²) in [5, 5.41) is 26.7. The zero-order valence-electron chi connectivity index (χ0n) is 40.6. The van der Waals surface area contributed by atoms with Gasteiger partial charge >= 0.3 is 17.9 Å². The van der Waals surface area contributed by atoms with E-state index in [0.717, 1.165) is 30.5 Å². The largest absolute Gasteiger partial charge is 0.462 e. The van der Waals surface area contributed by atoms with Crippen LogP contribution in [0.5, 0.6) is 5.75 Å². The van der Waals surface area contributed by atoms with Crippen LogP contribution in [-0.4, -0.2) is 160 Å². The van der Waals surface area contributed by atoms with Gasteiger partial charge in [0.15, 0.2) is 5.78 Å². The van der Waals surface area contributed by atoms with Gasteiger partial charge in [0.1, 0.15) is 42.6 Å². The fourth-order valence-corrected chi connectivity index (χ4v) is 9.71. The molecule has 1 fully saturated rings. The first-order valence-corrected chi connectivity index (χ1v) is 24.2. The second-order valence-electron chi connectivity index (χ2n) is 18.0. The van der Waals surface area contributed by atoms with Crippen LogP contribution in [0.3, 0.4) is 0 Å². The lowest BCUT2D eigenvalue weighted by Crippen LogP contribution is -2.60. The van der Waals surface area contributed by atoms with Crippen molar-refractivity contribution in [3.63, 3.8) is 0 Å². The zero-order valence-corrected chi connectivity index (χ0v) is 41.4. The van der Waals surface area contributed by atoms with E-state index in [-0.39, 0.29) is 22.9 Å². The van der Waals surface area contributed by atoms with Crippen LogP contribution in [0.2, 0.25) is 0 Å². The van der Waals surface area contributed by atoms with Crippen molar-refractivity contribution in [3.05, 3.63) is 23.8 Å². The number of nitrogens with two attached hydrogens (primary N) is 1. The van der Waals surface area contributed by atoms with Gasteiger partial charge in [0.25, 0.3) is 0 Å². The Morgan fingerprint density at radius 3 is 2.15 bits per heavy atom. The Bertz CT molecular complexity index is 2480. The van der Waals surface area contributed by atoms with Crippen LogP contribution in [0.1, 0.15) is 72.8 Å². The summed E-state index contributed by atoms with van der Waals surface area (Å²) < 4.78 is 16.0. The molecule has 5 rings (SSSR count). The van der Waals surface area contributed by atoms with Crippen LogP contribution in [0, 0.1) is 17.8 Å². The number of esters is 3.